The lowest BCUT2D eigenvalue weighted by Crippen LogP contribution is -2.28. The molecule has 0 saturated carbocycles. The van der Waals surface area contributed by atoms with Crippen LogP contribution in [0, 0.1) is 11.7 Å². The maximum absolute atomic E-state index is 13.1. The fourth-order valence-electron chi connectivity index (χ4n) is 2.61. The van der Waals surface area contributed by atoms with Crippen LogP contribution in [0.1, 0.15) is 31.9 Å². The largest absolute Gasteiger partial charge is 0.310 e. The first kappa shape index (κ1) is 14.8. The lowest BCUT2D eigenvalue weighted by atomic mass is 10.1. The van der Waals surface area contributed by atoms with E-state index in [0.29, 0.717) is 0 Å². The zero-order valence-electron chi connectivity index (χ0n) is 11.6. The molecule has 1 aliphatic heterocycles. The van der Waals surface area contributed by atoms with Gasteiger partial charge in [0.05, 0.1) is 5.02 Å². The van der Waals surface area contributed by atoms with Crippen LogP contribution in [0.5, 0.6) is 0 Å². The van der Waals surface area contributed by atoms with Crippen LogP contribution in [0.25, 0.3) is 0 Å². The quantitative estimate of drug-likeness (QED) is 0.891. The molecule has 1 aromatic rings. The molecule has 0 amide bonds. The number of hydrogen-bond acceptors (Lipinski definition) is 2. The van der Waals surface area contributed by atoms with E-state index >= 15 is 0 Å². The molecular formula is C15H22ClFN2. The number of likely N-dealkylation sites (tertiary alicyclic amines) is 1. The van der Waals surface area contributed by atoms with Crippen LogP contribution in [-0.4, -0.2) is 31.1 Å². The average Bonchev–Trinajstić information content (AvgIpc) is 2.87. The zero-order valence-corrected chi connectivity index (χ0v) is 12.4. The lowest BCUT2D eigenvalue weighted by Gasteiger charge is -2.18. The first-order valence-electron chi connectivity index (χ1n) is 7.00. The lowest BCUT2D eigenvalue weighted by molar-refractivity contribution is 0.336. The van der Waals surface area contributed by atoms with Gasteiger partial charge in [-0.25, -0.2) is 4.39 Å². The molecule has 2 rings (SSSR count). The summed E-state index contributed by atoms with van der Waals surface area (Å²) in [5.74, 6) is 0.366. The van der Waals surface area contributed by atoms with Crippen molar-refractivity contribution in [3.05, 3.63) is 34.6 Å². The third-order valence-electron chi connectivity index (χ3n) is 3.97. The number of nitrogens with zero attached hydrogens (tertiary/aromatic N) is 1. The number of nitrogens with one attached hydrogen (secondary N) is 1. The molecule has 4 heteroatoms. The SMILES string of the molecule is CCN1CCC(CNC(C)c2ccc(F)c(Cl)c2)C1. The molecule has 0 radical (unpaired) electrons. The van der Waals surface area contributed by atoms with Crippen molar-refractivity contribution < 1.29 is 4.39 Å². The van der Waals surface area contributed by atoms with Crippen molar-refractivity contribution >= 4 is 11.6 Å². The maximum Gasteiger partial charge on any atom is 0.141 e. The van der Waals surface area contributed by atoms with Gasteiger partial charge in [0, 0.05) is 12.6 Å². The highest BCUT2D eigenvalue weighted by Crippen LogP contribution is 2.21. The third kappa shape index (κ3) is 3.91. The predicted molar refractivity (Wildman–Crippen MR) is 78.0 cm³/mol. The number of halogens is 2. The Balaban J connectivity index is 1.84. The second kappa shape index (κ2) is 6.69. The molecule has 1 saturated heterocycles. The van der Waals surface area contributed by atoms with E-state index in [-0.39, 0.29) is 16.9 Å². The van der Waals surface area contributed by atoms with Gasteiger partial charge in [0.15, 0.2) is 0 Å². The van der Waals surface area contributed by atoms with Gasteiger partial charge in [-0.15, -0.1) is 0 Å². The van der Waals surface area contributed by atoms with E-state index in [1.807, 2.05) is 0 Å². The highest BCUT2D eigenvalue weighted by Gasteiger charge is 2.21. The summed E-state index contributed by atoms with van der Waals surface area (Å²) >= 11 is 5.81. The zero-order chi connectivity index (χ0) is 13.8. The summed E-state index contributed by atoms with van der Waals surface area (Å²) in [5.41, 5.74) is 1.04. The summed E-state index contributed by atoms with van der Waals surface area (Å²) in [6.07, 6.45) is 1.26. The molecule has 2 nitrogen and oxygen atoms in total. The summed E-state index contributed by atoms with van der Waals surface area (Å²) in [4.78, 5) is 2.48. The molecule has 1 fully saturated rings. The van der Waals surface area contributed by atoms with Gasteiger partial charge < -0.3 is 10.2 Å². The van der Waals surface area contributed by atoms with Gasteiger partial charge in [-0.2, -0.15) is 0 Å². The molecule has 19 heavy (non-hydrogen) atoms. The Hall–Kier alpha value is -0.640. The second-order valence-electron chi connectivity index (χ2n) is 5.35. The van der Waals surface area contributed by atoms with Gasteiger partial charge in [0.25, 0.3) is 0 Å². The molecule has 0 bridgehead atoms. The third-order valence-corrected chi connectivity index (χ3v) is 4.26. The Morgan fingerprint density at radius 1 is 1.53 bits per heavy atom. The van der Waals surface area contributed by atoms with Crippen molar-refractivity contribution in [2.24, 2.45) is 5.92 Å². The molecule has 2 atom stereocenters. The van der Waals surface area contributed by atoms with Gasteiger partial charge in [-0.1, -0.05) is 24.6 Å². The first-order chi connectivity index (χ1) is 9.10. The van der Waals surface area contributed by atoms with Crippen molar-refractivity contribution in [3.63, 3.8) is 0 Å². The molecule has 0 aromatic heterocycles. The van der Waals surface area contributed by atoms with E-state index in [4.69, 9.17) is 11.6 Å². The van der Waals surface area contributed by atoms with E-state index in [1.165, 1.54) is 25.6 Å². The van der Waals surface area contributed by atoms with Crippen molar-refractivity contribution in [2.75, 3.05) is 26.2 Å². The highest BCUT2D eigenvalue weighted by molar-refractivity contribution is 6.30. The molecule has 1 heterocycles. The monoisotopic (exact) mass is 284 g/mol. The molecule has 2 unspecified atom stereocenters. The van der Waals surface area contributed by atoms with Crippen molar-refractivity contribution in [2.45, 2.75) is 26.3 Å². The molecular weight excluding hydrogens is 263 g/mol. The minimum atomic E-state index is -0.355. The summed E-state index contributed by atoms with van der Waals surface area (Å²) in [6, 6.07) is 5.14. The van der Waals surface area contributed by atoms with E-state index in [0.717, 1.165) is 24.6 Å². The molecule has 0 spiro atoms. The first-order valence-corrected chi connectivity index (χ1v) is 7.38. The molecule has 1 aliphatic rings. The Morgan fingerprint density at radius 2 is 2.32 bits per heavy atom. The van der Waals surface area contributed by atoms with Gasteiger partial charge in [-0.05, 0) is 56.6 Å². The molecule has 1 N–H and O–H groups in total. The smallest absolute Gasteiger partial charge is 0.141 e. The predicted octanol–water partition coefficient (Wildman–Crippen LogP) is 3.47. The summed E-state index contributed by atoms with van der Waals surface area (Å²) in [6.45, 7) is 8.83. The topological polar surface area (TPSA) is 15.3 Å². The summed E-state index contributed by atoms with van der Waals surface area (Å²) in [7, 11) is 0. The van der Waals surface area contributed by atoms with Crippen LogP contribution in [0.2, 0.25) is 5.02 Å². The Labute approximate surface area is 119 Å². The van der Waals surface area contributed by atoms with Gasteiger partial charge >= 0.3 is 0 Å². The minimum Gasteiger partial charge on any atom is -0.310 e. The fraction of sp³-hybridized carbons (Fsp3) is 0.600. The van der Waals surface area contributed by atoms with E-state index in [9.17, 15) is 4.39 Å². The van der Waals surface area contributed by atoms with Crippen LogP contribution in [0.15, 0.2) is 18.2 Å². The van der Waals surface area contributed by atoms with Crippen molar-refractivity contribution in [1.29, 1.82) is 0 Å². The van der Waals surface area contributed by atoms with Crippen LogP contribution < -0.4 is 5.32 Å². The van der Waals surface area contributed by atoms with Gasteiger partial charge in [-0.3, -0.25) is 0 Å². The van der Waals surface area contributed by atoms with Crippen molar-refractivity contribution in [1.82, 2.24) is 10.2 Å². The van der Waals surface area contributed by atoms with Gasteiger partial charge in [0.2, 0.25) is 0 Å². The standard InChI is InChI=1S/C15H22ClFN2/c1-3-19-7-6-12(10-19)9-18-11(2)13-4-5-15(17)14(16)8-13/h4-5,8,11-12,18H,3,6-7,9-10H2,1-2H3. The minimum absolute atomic E-state index is 0.198. The van der Waals surface area contributed by atoms with Crippen LogP contribution in [-0.2, 0) is 0 Å². The Kier molecular flexibility index (Phi) is 5.20. The highest BCUT2D eigenvalue weighted by atomic mass is 35.5. The number of benzene rings is 1. The molecule has 106 valence electrons. The second-order valence-corrected chi connectivity index (χ2v) is 5.76. The van der Waals surface area contributed by atoms with Crippen molar-refractivity contribution in [3.8, 4) is 0 Å². The van der Waals surface area contributed by atoms with E-state index in [1.54, 1.807) is 12.1 Å². The molecule has 0 aliphatic carbocycles. The average molecular weight is 285 g/mol. The van der Waals surface area contributed by atoms with E-state index in [2.05, 4.69) is 24.1 Å². The number of rotatable bonds is 5. The normalized spacial score (nSPS) is 21.8. The number of hydrogen-bond donors (Lipinski definition) is 1. The Morgan fingerprint density at radius 3 is 2.95 bits per heavy atom. The van der Waals surface area contributed by atoms with E-state index < -0.39 is 0 Å². The fourth-order valence-corrected chi connectivity index (χ4v) is 2.80. The Bertz CT molecular complexity index is 425. The van der Waals surface area contributed by atoms with Crippen LogP contribution >= 0.6 is 11.6 Å². The van der Waals surface area contributed by atoms with Crippen LogP contribution in [0.4, 0.5) is 4.39 Å². The maximum atomic E-state index is 13.1. The van der Waals surface area contributed by atoms with Gasteiger partial charge in [0.1, 0.15) is 5.82 Å². The summed E-state index contributed by atoms with van der Waals surface area (Å²) < 4.78 is 13.1. The summed E-state index contributed by atoms with van der Waals surface area (Å²) in [5, 5.41) is 3.72. The van der Waals surface area contributed by atoms with Crippen LogP contribution in [0.3, 0.4) is 0 Å². The molecule has 1 aromatic carbocycles.